The summed E-state index contributed by atoms with van der Waals surface area (Å²) in [5.74, 6) is 0. The molecule has 15 heteroatoms. The molecule has 0 aliphatic heterocycles. The van der Waals surface area contributed by atoms with Gasteiger partial charge in [-0.25, -0.2) is 0 Å². The first-order valence-electron chi connectivity index (χ1n) is 9.31. The zero-order valence-corrected chi connectivity index (χ0v) is 21.3. The topological polar surface area (TPSA) is 86.7 Å². The molecule has 3 aromatic rings. The first-order chi connectivity index (χ1) is 16.1. The minimum absolute atomic E-state index is 0.613. The Bertz CT molecular complexity index is 1250. The van der Waals surface area contributed by atoms with Gasteiger partial charge in [0.1, 0.15) is 0 Å². The molecule has 190 valence electrons. The number of hydrogen-bond donors (Lipinski definition) is 0. The van der Waals surface area contributed by atoms with E-state index in [1.54, 1.807) is 0 Å². The molecular formula is C20H15F6O6S2Sb. The Labute approximate surface area is 198 Å². The summed E-state index contributed by atoms with van der Waals surface area (Å²) >= 11 is -7.82. The van der Waals surface area contributed by atoms with E-state index in [4.69, 9.17) is 4.92 Å². The van der Waals surface area contributed by atoms with E-state index >= 15 is 0 Å². The molecule has 0 saturated carbocycles. The molecule has 0 bridgehead atoms. The van der Waals surface area contributed by atoms with Gasteiger partial charge < -0.3 is 0 Å². The van der Waals surface area contributed by atoms with Crippen molar-refractivity contribution in [1.29, 1.82) is 0 Å². The molecule has 0 aromatic heterocycles. The van der Waals surface area contributed by atoms with Crippen molar-refractivity contribution in [1.82, 2.24) is 0 Å². The van der Waals surface area contributed by atoms with Gasteiger partial charge in [-0.3, -0.25) is 0 Å². The molecule has 0 saturated heterocycles. The van der Waals surface area contributed by atoms with E-state index in [1.807, 2.05) is 0 Å². The molecule has 0 radical (unpaired) electrons. The molecule has 6 nitrogen and oxygen atoms in total. The minimum atomic E-state index is -7.82. The van der Waals surface area contributed by atoms with Crippen LogP contribution in [0.1, 0.15) is 0 Å². The first kappa shape index (κ1) is 27.5. The Kier molecular flexibility index (Phi) is 7.12. The van der Waals surface area contributed by atoms with Crippen LogP contribution < -0.4 is 10.5 Å². The standard InChI is InChI=1S/3C6H5.2CHF3O3S.Sb/c3*1-2-4-6-5-3-1;2*2-1(3,4)8(5,6)7;/h3*1-5H;2*(H,5,6,7);/q;;;;;+2/p-2. The summed E-state index contributed by atoms with van der Waals surface area (Å²) in [5.41, 5.74) is -12.3. The van der Waals surface area contributed by atoms with Crippen LogP contribution in [0, 0.1) is 0 Å². The van der Waals surface area contributed by atoms with E-state index < -0.39 is 60.0 Å². The van der Waals surface area contributed by atoms with Crippen molar-refractivity contribution in [2.45, 2.75) is 11.0 Å². The summed E-state index contributed by atoms with van der Waals surface area (Å²) in [7, 11) is -13.5. The number of benzene rings is 3. The van der Waals surface area contributed by atoms with Crippen LogP contribution in [0.2, 0.25) is 0 Å². The molecule has 0 spiro atoms. The van der Waals surface area contributed by atoms with Crippen LogP contribution in [0.25, 0.3) is 0 Å². The van der Waals surface area contributed by atoms with Gasteiger partial charge in [-0.1, -0.05) is 0 Å². The number of alkyl halides is 6. The Balaban J connectivity index is 2.69. The Morgan fingerprint density at radius 2 is 0.714 bits per heavy atom. The van der Waals surface area contributed by atoms with Crippen molar-refractivity contribution in [3.05, 3.63) is 91.0 Å². The quantitative estimate of drug-likeness (QED) is 0.222. The molecule has 0 aliphatic carbocycles. The zero-order valence-electron chi connectivity index (χ0n) is 17.1. The van der Waals surface area contributed by atoms with Crippen molar-refractivity contribution >= 4 is 49.0 Å². The van der Waals surface area contributed by atoms with Crippen molar-refractivity contribution in [3.8, 4) is 0 Å². The summed E-state index contributed by atoms with van der Waals surface area (Å²) in [6.45, 7) is 0. The Hall–Kier alpha value is -2.12. The molecule has 3 rings (SSSR count). The van der Waals surface area contributed by atoms with Gasteiger partial charge in [-0.15, -0.1) is 0 Å². The third kappa shape index (κ3) is 4.69. The van der Waals surface area contributed by atoms with Crippen LogP contribution >= 0.6 is 0 Å². The van der Waals surface area contributed by atoms with Gasteiger partial charge in [-0.05, 0) is 0 Å². The van der Waals surface area contributed by atoms with Crippen LogP contribution in [-0.2, 0) is 25.2 Å². The second kappa shape index (κ2) is 9.07. The van der Waals surface area contributed by atoms with Crippen molar-refractivity contribution in [2.75, 3.05) is 0 Å². The molecular weight excluding hydrogens is 636 g/mol. The average Bonchev–Trinajstić information content (AvgIpc) is 2.78. The van der Waals surface area contributed by atoms with E-state index in [2.05, 4.69) is 0 Å². The monoisotopic (exact) mass is 650 g/mol. The summed E-state index contributed by atoms with van der Waals surface area (Å²) in [4.78, 5) is 0. The fourth-order valence-electron chi connectivity index (χ4n) is 3.27. The van der Waals surface area contributed by atoms with Gasteiger partial charge in [0.25, 0.3) is 0 Å². The van der Waals surface area contributed by atoms with Crippen molar-refractivity contribution in [3.63, 3.8) is 0 Å². The van der Waals surface area contributed by atoms with Crippen LogP contribution in [0.4, 0.5) is 26.3 Å². The van der Waals surface area contributed by atoms with Gasteiger partial charge in [0.2, 0.25) is 0 Å². The summed E-state index contributed by atoms with van der Waals surface area (Å²) in [6, 6.07) is 16.7. The Morgan fingerprint density at radius 3 is 0.914 bits per heavy atom. The van der Waals surface area contributed by atoms with Gasteiger partial charge in [-0.2, -0.15) is 0 Å². The van der Waals surface area contributed by atoms with E-state index in [0.29, 0.717) is 0 Å². The van der Waals surface area contributed by atoms with Crippen LogP contribution in [-0.4, -0.2) is 46.1 Å². The second-order valence-electron chi connectivity index (χ2n) is 6.91. The van der Waals surface area contributed by atoms with E-state index in [-0.39, 0.29) is 0 Å². The molecule has 0 fully saturated rings. The molecule has 35 heavy (non-hydrogen) atoms. The maximum atomic E-state index is 13.6. The van der Waals surface area contributed by atoms with Gasteiger partial charge >= 0.3 is 199 Å². The van der Waals surface area contributed by atoms with Gasteiger partial charge in [0.15, 0.2) is 0 Å². The molecule has 0 atom stereocenters. The fourth-order valence-corrected chi connectivity index (χ4v) is 26.4. The van der Waals surface area contributed by atoms with Gasteiger partial charge in [0.05, 0.1) is 0 Å². The summed E-state index contributed by atoms with van der Waals surface area (Å²) in [5, 5.41) is 0. The molecule has 3 aromatic carbocycles. The molecule has 0 N–H and O–H groups in total. The third-order valence-corrected chi connectivity index (χ3v) is 25.6. The third-order valence-electron chi connectivity index (χ3n) is 4.72. The fraction of sp³-hybridized carbons (Fsp3) is 0.100. The SMILES string of the molecule is O=S(=O)([O][Sb]([O]S(=O)(=O)C(F)(F)F)([c]1ccccc1)([c]1ccccc1)[c]1ccccc1)C(F)(F)F. The normalized spacial score (nSPS) is 14.7. The summed E-state index contributed by atoms with van der Waals surface area (Å²) in [6.07, 6.45) is 0. The van der Waals surface area contributed by atoms with Crippen molar-refractivity contribution in [2.24, 2.45) is 0 Å². The predicted molar refractivity (Wildman–Crippen MR) is 116 cm³/mol. The molecule has 0 unspecified atom stereocenters. The first-order valence-corrected chi connectivity index (χ1v) is 18.0. The molecule has 0 amide bonds. The molecule has 0 heterocycles. The Morgan fingerprint density at radius 1 is 0.486 bits per heavy atom. The number of rotatable bonds is 7. The summed E-state index contributed by atoms with van der Waals surface area (Å²) < 4.78 is 140. The van der Waals surface area contributed by atoms with E-state index in [9.17, 15) is 43.2 Å². The van der Waals surface area contributed by atoms with Crippen LogP contribution in [0.5, 0.6) is 0 Å². The second-order valence-corrected chi connectivity index (χ2v) is 22.4. The molecule has 0 aliphatic rings. The van der Waals surface area contributed by atoms with E-state index in [1.165, 1.54) is 54.6 Å². The van der Waals surface area contributed by atoms with Crippen molar-refractivity contribution < 1.29 is 48.1 Å². The number of hydrogen-bond acceptors (Lipinski definition) is 6. The van der Waals surface area contributed by atoms with Crippen LogP contribution in [0.15, 0.2) is 91.0 Å². The number of halogens is 6. The predicted octanol–water partition coefficient (Wildman–Crippen LogP) is 2.84. The maximum absolute atomic E-state index is 13.6. The van der Waals surface area contributed by atoms with E-state index in [0.717, 1.165) is 36.4 Å². The van der Waals surface area contributed by atoms with Gasteiger partial charge in [0, 0.05) is 0 Å². The average molecular weight is 651 g/mol. The van der Waals surface area contributed by atoms with Crippen LogP contribution in [0.3, 0.4) is 0 Å². The zero-order chi connectivity index (χ0) is 26.2.